The highest BCUT2D eigenvalue weighted by atomic mass is 15.4. The van der Waals surface area contributed by atoms with E-state index in [1.54, 1.807) is 0 Å². The second-order valence-electron chi connectivity index (χ2n) is 5.26. The first-order chi connectivity index (χ1) is 10.1. The molecular weight excluding hydrogens is 264 g/mol. The van der Waals surface area contributed by atoms with Crippen molar-refractivity contribution in [2.45, 2.75) is 26.3 Å². The highest BCUT2D eigenvalue weighted by molar-refractivity contribution is 5.35. The van der Waals surface area contributed by atoms with Crippen molar-refractivity contribution >= 4 is 5.82 Å². The van der Waals surface area contributed by atoms with Crippen molar-refractivity contribution in [2.75, 3.05) is 5.73 Å². The third-order valence-corrected chi connectivity index (χ3v) is 3.32. The zero-order chi connectivity index (χ0) is 14.8. The second-order valence-corrected chi connectivity index (χ2v) is 5.26. The molecule has 3 aromatic rings. The molecule has 0 radical (unpaired) electrons. The minimum Gasteiger partial charge on any atom is -0.381 e. The maximum Gasteiger partial charge on any atom is 0.169 e. The molecule has 0 atom stereocenters. The quantitative estimate of drug-likeness (QED) is 0.796. The van der Waals surface area contributed by atoms with Gasteiger partial charge in [0.2, 0.25) is 0 Å². The van der Waals surface area contributed by atoms with E-state index in [0.29, 0.717) is 12.4 Å². The lowest BCUT2D eigenvalue weighted by Gasteiger charge is -2.08. The molecule has 0 unspecified atom stereocenters. The van der Waals surface area contributed by atoms with Crippen molar-refractivity contribution in [3.63, 3.8) is 0 Å². The number of para-hydroxylation sites is 1. The Morgan fingerprint density at radius 1 is 1.14 bits per heavy atom. The third kappa shape index (κ3) is 2.65. The van der Waals surface area contributed by atoms with E-state index in [0.717, 1.165) is 17.1 Å². The average molecular weight is 282 g/mol. The maximum atomic E-state index is 5.87. The van der Waals surface area contributed by atoms with Gasteiger partial charge < -0.3 is 5.73 Å². The molecule has 2 heterocycles. The number of nitrogens with two attached hydrogens (primary N) is 1. The molecule has 108 valence electrons. The van der Waals surface area contributed by atoms with Crippen LogP contribution in [0.5, 0.6) is 0 Å². The lowest BCUT2D eigenvalue weighted by Crippen LogP contribution is -2.09. The van der Waals surface area contributed by atoms with Crippen LogP contribution < -0.4 is 5.73 Å². The molecule has 2 aromatic heterocycles. The molecule has 3 rings (SSSR count). The lowest BCUT2D eigenvalue weighted by atomic mass is 10.1. The molecule has 0 aliphatic carbocycles. The van der Waals surface area contributed by atoms with Crippen LogP contribution in [0.25, 0.3) is 5.69 Å². The van der Waals surface area contributed by atoms with Crippen molar-refractivity contribution in [1.29, 1.82) is 0 Å². The molecule has 1 aromatic carbocycles. The second kappa shape index (κ2) is 5.40. The Morgan fingerprint density at radius 3 is 2.62 bits per heavy atom. The molecule has 0 fully saturated rings. The standard InChI is InChI=1S/C15H18N6/c1-11(2)14-15(16)17-19-21(14)10-12-8-9-20(18-12)13-6-4-3-5-7-13/h3-9,11H,10,16H2,1-2H3. The van der Waals surface area contributed by atoms with Crippen molar-refractivity contribution in [3.8, 4) is 5.69 Å². The molecule has 0 amide bonds. The van der Waals surface area contributed by atoms with Gasteiger partial charge in [0.1, 0.15) is 0 Å². The number of benzene rings is 1. The summed E-state index contributed by atoms with van der Waals surface area (Å²) in [5.74, 6) is 0.767. The van der Waals surface area contributed by atoms with E-state index in [4.69, 9.17) is 5.73 Å². The van der Waals surface area contributed by atoms with Crippen LogP contribution in [0.4, 0.5) is 5.82 Å². The lowest BCUT2D eigenvalue weighted by molar-refractivity contribution is 0.586. The van der Waals surface area contributed by atoms with E-state index in [1.165, 1.54) is 0 Å². The molecule has 0 bridgehead atoms. The van der Waals surface area contributed by atoms with Gasteiger partial charge in [-0.3, -0.25) is 0 Å². The van der Waals surface area contributed by atoms with Crippen molar-refractivity contribution in [2.24, 2.45) is 0 Å². The first-order valence-electron chi connectivity index (χ1n) is 6.94. The van der Waals surface area contributed by atoms with Crippen molar-refractivity contribution in [3.05, 3.63) is 54.0 Å². The topological polar surface area (TPSA) is 74.5 Å². The number of rotatable bonds is 4. The van der Waals surface area contributed by atoms with Gasteiger partial charge in [-0.15, -0.1) is 5.10 Å². The van der Waals surface area contributed by atoms with Crippen molar-refractivity contribution in [1.82, 2.24) is 24.8 Å². The summed E-state index contributed by atoms with van der Waals surface area (Å²) in [6.07, 6.45) is 1.94. The summed E-state index contributed by atoms with van der Waals surface area (Å²) < 4.78 is 3.67. The predicted octanol–water partition coefficient (Wildman–Crippen LogP) is 2.22. The largest absolute Gasteiger partial charge is 0.381 e. The molecule has 0 saturated carbocycles. The Bertz CT molecular complexity index is 726. The van der Waals surface area contributed by atoms with Gasteiger partial charge in [0, 0.05) is 6.20 Å². The molecule has 0 aliphatic heterocycles. The highest BCUT2D eigenvalue weighted by Gasteiger charge is 2.14. The summed E-state index contributed by atoms with van der Waals surface area (Å²) in [6, 6.07) is 12.0. The summed E-state index contributed by atoms with van der Waals surface area (Å²) in [7, 11) is 0. The smallest absolute Gasteiger partial charge is 0.169 e. The minimum absolute atomic E-state index is 0.274. The average Bonchev–Trinajstić information content (AvgIpc) is 3.07. The Morgan fingerprint density at radius 2 is 1.90 bits per heavy atom. The van der Waals surface area contributed by atoms with Gasteiger partial charge in [-0.2, -0.15) is 5.10 Å². The fraction of sp³-hybridized carbons (Fsp3) is 0.267. The fourth-order valence-electron chi connectivity index (χ4n) is 2.37. The first-order valence-corrected chi connectivity index (χ1v) is 6.94. The number of nitrogen functional groups attached to an aromatic ring is 1. The van der Waals surface area contributed by atoms with Crippen LogP contribution in [0.1, 0.15) is 31.2 Å². The Labute approximate surface area is 123 Å². The van der Waals surface area contributed by atoms with Crippen LogP contribution in [0.3, 0.4) is 0 Å². The summed E-state index contributed by atoms with van der Waals surface area (Å²) in [6.45, 7) is 4.72. The van der Waals surface area contributed by atoms with Gasteiger partial charge in [-0.25, -0.2) is 9.36 Å². The number of anilines is 1. The van der Waals surface area contributed by atoms with Crippen LogP contribution in [-0.4, -0.2) is 24.8 Å². The SMILES string of the molecule is CC(C)c1c(N)nnn1Cc1ccn(-c2ccccc2)n1. The maximum absolute atomic E-state index is 5.87. The zero-order valence-corrected chi connectivity index (χ0v) is 12.1. The van der Waals surface area contributed by atoms with E-state index in [9.17, 15) is 0 Å². The van der Waals surface area contributed by atoms with Gasteiger partial charge in [-0.05, 0) is 24.1 Å². The van der Waals surface area contributed by atoms with E-state index in [1.807, 2.05) is 52.0 Å². The molecule has 21 heavy (non-hydrogen) atoms. The van der Waals surface area contributed by atoms with E-state index in [2.05, 4.69) is 29.3 Å². The van der Waals surface area contributed by atoms with Crippen LogP contribution in [0, 0.1) is 0 Å². The van der Waals surface area contributed by atoms with Gasteiger partial charge in [0.05, 0.1) is 23.6 Å². The van der Waals surface area contributed by atoms with Gasteiger partial charge >= 0.3 is 0 Å². The molecule has 2 N–H and O–H groups in total. The molecule has 6 nitrogen and oxygen atoms in total. The monoisotopic (exact) mass is 282 g/mol. The fourth-order valence-corrected chi connectivity index (χ4v) is 2.37. The number of nitrogens with zero attached hydrogens (tertiary/aromatic N) is 5. The molecule has 0 aliphatic rings. The van der Waals surface area contributed by atoms with Gasteiger partial charge in [0.15, 0.2) is 5.82 Å². The highest BCUT2D eigenvalue weighted by Crippen LogP contribution is 2.19. The Kier molecular flexibility index (Phi) is 3.43. The van der Waals surface area contributed by atoms with Crippen molar-refractivity contribution < 1.29 is 0 Å². The molecular formula is C15H18N6. The van der Waals surface area contributed by atoms with Crippen LogP contribution >= 0.6 is 0 Å². The third-order valence-electron chi connectivity index (χ3n) is 3.32. The normalized spacial score (nSPS) is 11.2. The van der Waals surface area contributed by atoms with Crippen LogP contribution in [0.2, 0.25) is 0 Å². The van der Waals surface area contributed by atoms with E-state index >= 15 is 0 Å². The Hall–Kier alpha value is -2.63. The Balaban J connectivity index is 1.85. The molecule has 0 spiro atoms. The molecule has 0 saturated heterocycles. The van der Waals surface area contributed by atoms with Gasteiger partial charge in [-0.1, -0.05) is 37.3 Å². The summed E-state index contributed by atoms with van der Waals surface area (Å²) >= 11 is 0. The number of hydrogen-bond acceptors (Lipinski definition) is 4. The van der Waals surface area contributed by atoms with E-state index in [-0.39, 0.29) is 5.92 Å². The number of aromatic nitrogens is 5. The zero-order valence-electron chi connectivity index (χ0n) is 12.1. The minimum atomic E-state index is 0.274. The summed E-state index contributed by atoms with van der Waals surface area (Å²) in [5, 5.41) is 12.6. The summed E-state index contributed by atoms with van der Waals surface area (Å²) in [5.41, 5.74) is 8.78. The first kappa shape index (κ1) is 13.4. The van der Waals surface area contributed by atoms with Crippen LogP contribution in [-0.2, 0) is 6.54 Å². The predicted molar refractivity (Wildman–Crippen MR) is 81.2 cm³/mol. The van der Waals surface area contributed by atoms with Crippen LogP contribution in [0.15, 0.2) is 42.6 Å². The molecule has 6 heteroatoms. The summed E-state index contributed by atoms with van der Waals surface area (Å²) in [4.78, 5) is 0. The van der Waals surface area contributed by atoms with Gasteiger partial charge in [0.25, 0.3) is 0 Å². The van der Waals surface area contributed by atoms with E-state index < -0.39 is 0 Å². The number of hydrogen-bond donors (Lipinski definition) is 1.